The van der Waals surface area contributed by atoms with Crippen LogP contribution >= 0.6 is 0 Å². The third kappa shape index (κ3) is 11.8. The minimum absolute atomic E-state index is 0.0740. The van der Waals surface area contributed by atoms with Crippen molar-refractivity contribution in [3.63, 3.8) is 0 Å². The van der Waals surface area contributed by atoms with Crippen molar-refractivity contribution in [1.29, 1.82) is 0 Å². The normalized spacial score (nSPS) is 13.0. The lowest BCUT2D eigenvalue weighted by molar-refractivity contribution is 0.0904. The molecule has 0 saturated carbocycles. The molecular weight excluding hydrogens is 556 g/mol. The molecule has 11 heteroatoms. The Labute approximate surface area is 249 Å². The van der Waals surface area contributed by atoms with Gasteiger partial charge in [-0.05, 0) is 48.4 Å². The Morgan fingerprint density at radius 2 is 1.86 bits per heavy atom. The SMILES string of the molecule is CCCCCCOc1ccccc1CC(CC(O)CNCc1cccc(CC)c1)NC(=O)c1coc(NS(C)(=O)=O)n1. The average Bonchev–Trinajstić information content (AvgIpc) is 3.41. The fraction of sp³-hybridized carbons (Fsp3) is 0.484. The molecule has 0 aliphatic heterocycles. The first-order valence-electron chi connectivity index (χ1n) is 14.6. The second-order valence-electron chi connectivity index (χ2n) is 10.5. The highest BCUT2D eigenvalue weighted by Crippen LogP contribution is 2.22. The van der Waals surface area contributed by atoms with E-state index in [0.717, 1.165) is 55.1 Å². The van der Waals surface area contributed by atoms with E-state index in [2.05, 4.69) is 46.3 Å². The zero-order valence-electron chi connectivity index (χ0n) is 24.8. The van der Waals surface area contributed by atoms with E-state index >= 15 is 0 Å². The van der Waals surface area contributed by atoms with Gasteiger partial charge in [-0.2, -0.15) is 4.98 Å². The first-order valence-corrected chi connectivity index (χ1v) is 16.5. The number of hydrogen-bond donors (Lipinski definition) is 4. The van der Waals surface area contributed by atoms with Gasteiger partial charge in [-0.15, -0.1) is 0 Å². The summed E-state index contributed by atoms with van der Waals surface area (Å²) in [5.74, 6) is 0.206. The van der Waals surface area contributed by atoms with E-state index in [1.54, 1.807) is 0 Å². The maximum absolute atomic E-state index is 13.1. The van der Waals surface area contributed by atoms with Crippen LogP contribution in [0.5, 0.6) is 5.75 Å². The van der Waals surface area contributed by atoms with Crippen LogP contribution in [-0.4, -0.2) is 56.0 Å². The van der Waals surface area contributed by atoms with Gasteiger partial charge < -0.3 is 24.9 Å². The van der Waals surface area contributed by atoms with E-state index in [0.29, 0.717) is 26.1 Å². The Hall–Kier alpha value is -3.41. The van der Waals surface area contributed by atoms with Crippen LogP contribution in [0.15, 0.2) is 59.2 Å². The molecule has 0 aliphatic carbocycles. The number of carbonyl (C=O) groups excluding carboxylic acids is 1. The quantitative estimate of drug-likeness (QED) is 0.148. The molecule has 1 heterocycles. The number of unbranched alkanes of at least 4 members (excludes halogenated alkanes) is 3. The topological polar surface area (TPSA) is 143 Å². The summed E-state index contributed by atoms with van der Waals surface area (Å²) in [5, 5.41) is 17.2. The van der Waals surface area contributed by atoms with Crippen molar-refractivity contribution in [2.45, 2.75) is 77.5 Å². The van der Waals surface area contributed by atoms with Crippen LogP contribution in [0.25, 0.3) is 0 Å². The minimum atomic E-state index is -3.61. The number of nitrogens with zero attached hydrogens (tertiary/aromatic N) is 1. The van der Waals surface area contributed by atoms with Gasteiger partial charge >= 0.3 is 6.01 Å². The van der Waals surface area contributed by atoms with Crippen molar-refractivity contribution < 1.29 is 27.5 Å². The van der Waals surface area contributed by atoms with Gasteiger partial charge in [0.25, 0.3) is 5.91 Å². The minimum Gasteiger partial charge on any atom is -0.493 e. The third-order valence-electron chi connectivity index (χ3n) is 6.70. The molecule has 1 aromatic heterocycles. The van der Waals surface area contributed by atoms with Gasteiger partial charge in [0.05, 0.1) is 19.0 Å². The number of hydrogen-bond acceptors (Lipinski definition) is 8. The molecule has 230 valence electrons. The fourth-order valence-corrected chi connectivity index (χ4v) is 4.99. The Morgan fingerprint density at radius 1 is 1.07 bits per heavy atom. The van der Waals surface area contributed by atoms with Gasteiger partial charge in [0.2, 0.25) is 10.0 Å². The number of oxazole rings is 1. The molecule has 0 saturated heterocycles. The zero-order valence-corrected chi connectivity index (χ0v) is 25.6. The maximum Gasteiger partial charge on any atom is 0.309 e. The predicted octanol–water partition coefficient (Wildman–Crippen LogP) is 4.45. The van der Waals surface area contributed by atoms with Crippen LogP contribution in [0.2, 0.25) is 0 Å². The van der Waals surface area contributed by atoms with Gasteiger partial charge in [0, 0.05) is 19.1 Å². The summed E-state index contributed by atoms with van der Waals surface area (Å²) in [6, 6.07) is 15.3. The molecule has 0 radical (unpaired) electrons. The molecule has 0 bridgehead atoms. The Balaban J connectivity index is 1.68. The monoisotopic (exact) mass is 600 g/mol. The number of carbonyl (C=O) groups is 1. The van der Waals surface area contributed by atoms with E-state index in [4.69, 9.17) is 9.15 Å². The van der Waals surface area contributed by atoms with E-state index < -0.39 is 28.1 Å². The highest BCUT2D eigenvalue weighted by molar-refractivity contribution is 7.91. The molecule has 3 rings (SSSR count). The van der Waals surface area contributed by atoms with Crippen LogP contribution in [0.3, 0.4) is 0 Å². The fourth-order valence-electron chi connectivity index (χ4n) is 4.58. The Morgan fingerprint density at radius 3 is 2.62 bits per heavy atom. The van der Waals surface area contributed by atoms with Crippen molar-refractivity contribution in [2.24, 2.45) is 0 Å². The molecule has 1 amide bonds. The maximum atomic E-state index is 13.1. The number of aliphatic hydroxyl groups is 1. The number of sulfonamides is 1. The van der Waals surface area contributed by atoms with Crippen molar-refractivity contribution >= 4 is 21.9 Å². The molecular formula is C31H44N4O6S. The summed E-state index contributed by atoms with van der Waals surface area (Å²) in [6.07, 6.45) is 7.34. The van der Waals surface area contributed by atoms with Crippen molar-refractivity contribution in [2.75, 3.05) is 24.1 Å². The van der Waals surface area contributed by atoms with E-state index in [1.165, 1.54) is 12.0 Å². The number of aliphatic hydroxyl groups excluding tert-OH is 1. The number of benzene rings is 2. The molecule has 3 aromatic rings. The lowest BCUT2D eigenvalue weighted by Crippen LogP contribution is -2.41. The van der Waals surface area contributed by atoms with Crippen LogP contribution in [0.1, 0.15) is 73.1 Å². The third-order valence-corrected chi connectivity index (χ3v) is 7.25. The standard InChI is InChI=1S/C31H44N4O6S/c1-4-6-7-10-16-40-29-15-9-8-14-25(29)18-26(33-30(37)28-22-41-31(34-28)35-42(3,38)39)19-27(36)21-32-20-24-13-11-12-23(5-2)17-24/h8-9,11-15,17,22,26-27,32,36H,4-7,10,16,18-21H2,1-3H3,(H,33,37)(H,34,35). The summed E-state index contributed by atoms with van der Waals surface area (Å²) < 4.78 is 36.3. The summed E-state index contributed by atoms with van der Waals surface area (Å²) in [4.78, 5) is 17.0. The largest absolute Gasteiger partial charge is 0.493 e. The molecule has 0 spiro atoms. The molecule has 2 atom stereocenters. The Bertz CT molecular complexity index is 1360. The lowest BCUT2D eigenvalue weighted by atomic mass is 9.99. The number of rotatable bonds is 19. The van der Waals surface area contributed by atoms with E-state index in [9.17, 15) is 18.3 Å². The van der Waals surface area contributed by atoms with Gasteiger partial charge in [-0.25, -0.2) is 13.1 Å². The van der Waals surface area contributed by atoms with E-state index in [-0.39, 0.29) is 18.1 Å². The van der Waals surface area contributed by atoms with Crippen molar-refractivity contribution in [3.8, 4) is 5.75 Å². The highest BCUT2D eigenvalue weighted by atomic mass is 32.2. The number of ether oxygens (including phenoxy) is 1. The molecule has 2 aromatic carbocycles. The van der Waals surface area contributed by atoms with Gasteiger partial charge in [-0.1, -0.05) is 75.6 Å². The van der Waals surface area contributed by atoms with Crippen molar-refractivity contribution in [3.05, 3.63) is 77.2 Å². The van der Waals surface area contributed by atoms with E-state index in [1.807, 2.05) is 36.4 Å². The summed E-state index contributed by atoms with van der Waals surface area (Å²) in [5.41, 5.74) is 3.23. The summed E-state index contributed by atoms with van der Waals surface area (Å²) in [6.45, 7) is 5.84. The smallest absolute Gasteiger partial charge is 0.309 e. The lowest BCUT2D eigenvalue weighted by Gasteiger charge is -2.23. The second kappa shape index (κ2) is 16.9. The number of amides is 1. The highest BCUT2D eigenvalue weighted by Gasteiger charge is 2.22. The van der Waals surface area contributed by atoms with Gasteiger partial charge in [-0.3, -0.25) is 4.79 Å². The number of para-hydroxylation sites is 1. The number of anilines is 1. The van der Waals surface area contributed by atoms with Crippen LogP contribution in [-0.2, 0) is 29.4 Å². The van der Waals surface area contributed by atoms with Gasteiger partial charge in [0.15, 0.2) is 5.69 Å². The predicted molar refractivity (Wildman–Crippen MR) is 164 cm³/mol. The molecule has 10 nitrogen and oxygen atoms in total. The summed E-state index contributed by atoms with van der Waals surface area (Å²) in [7, 11) is -3.61. The van der Waals surface area contributed by atoms with Crippen LogP contribution in [0, 0.1) is 0 Å². The number of aryl methyl sites for hydroxylation is 1. The molecule has 0 fully saturated rings. The number of nitrogens with one attached hydrogen (secondary N) is 3. The average molecular weight is 601 g/mol. The Kier molecular flexibility index (Phi) is 13.3. The van der Waals surface area contributed by atoms with Crippen molar-refractivity contribution in [1.82, 2.24) is 15.6 Å². The zero-order chi connectivity index (χ0) is 30.4. The van der Waals surface area contributed by atoms with Gasteiger partial charge in [0.1, 0.15) is 12.0 Å². The molecule has 2 unspecified atom stereocenters. The first kappa shape index (κ1) is 33.1. The summed E-state index contributed by atoms with van der Waals surface area (Å²) >= 11 is 0. The van der Waals surface area contributed by atoms with Crippen LogP contribution in [0.4, 0.5) is 6.01 Å². The molecule has 42 heavy (non-hydrogen) atoms. The number of aromatic nitrogens is 1. The first-order chi connectivity index (χ1) is 20.2. The molecule has 0 aliphatic rings. The molecule has 4 N–H and O–H groups in total. The van der Waals surface area contributed by atoms with Crippen LogP contribution < -0.4 is 20.1 Å². The second-order valence-corrected chi connectivity index (χ2v) is 12.2.